The van der Waals surface area contributed by atoms with Gasteiger partial charge in [-0.15, -0.1) is 11.8 Å². The highest BCUT2D eigenvalue weighted by Gasteiger charge is 2.56. The largest absolute Gasteiger partial charge is 0.492 e. The van der Waals surface area contributed by atoms with Crippen molar-refractivity contribution in [1.82, 2.24) is 25.9 Å². The summed E-state index contributed by atoms with van der Waals surface area (Å²) in [6.45, 7) is 9.42. The average molecular weight is 1590 g/mol. The number of rotatable bonds is 28. The summed E-state index contributed by atoms with van der Waals surface area (Å²) in [6, 6.07) is -3.26. The monoisotopic (exact) mass is 1590 g/mol. The van der Waals surface area contributed by atoms with Crippen molar-refractivity contribution >= 4 is 88.2 Å². The first-order valence-electron chi connectivity index (χ1n) is 33.6. The second-order valence-electron chi connectivity index (χ2n) is 26.2. The predicted molar refractivity (Wildman–Crippen MR) is 374 cm³/mol. The number of ketones is 1. The van der Waals surface area contributed by atoms with E-state index in [1.165, 1.54) is 39.4 Å². The molecular weight excluding hydrogens is 1500 g/mol. The number of hydrogen-bond acceptors (Lipinski definition) is 28. The fourth-order valence-electron chi connectivity index (χ4n) is 14.0. The van der Waals surface area contributed by atoms with Gasteiger partial charge in [0.1, 0.15) is 30.5 Å². The summed E-state index contributed by atoms with van der Waals surface area (Å²) >= 11 is 3.90. The number of allylic oxidation sites excluding steroid dienone is 2. The van der Waals surface area contributed by atoms with Crippen molar-refractivity contribution < 1.29 is 121 Å². The fraction of sp³-hybridized carbons (Fsp3) is 0.701. The number of amides is 4. The van der Waals surface area contributed by atoms with Crippen LogP contribution in [0.2, 0.25) is 0 Å². The Hall–Kier alpha value is -4.54. The minimum Gasteiger partial charge on any atom is -0.492 e. The van der Waals surface area contributed by atoms with Gasteiger partial charge < -0.3 is 98.8 Å². The molecular formula is C67H95IN5O25PS2. The third-order valence-corrected chi connectivity index (χ3v) is 25.3. The van der Waals surface area contributed by atoms with E-state index < -0.39 is 181 Å². The van der Waals surface area contributed by atoms with Gasteiger partial charge in [-0.3, -0.25) is 38.3 Å². The molecule has 4 heterocycles. The van der Waals surface area contributed by atoms with Crippen LogP contribution in [0.3, 0.4) is 0 Å². The molecule has 23 atom stereocenters. The molecule has 4 aliphatic heterocycles. The van der Waals surface area contributed by atoms with E-state index >= 15 is 0 Å². The maximum atomic E-state index is 14.6. The molecule has 1 aromatic carbocycles. The van der Waals surface area contributed by atoms with Crippen LogP contribution in [0.5, 0.6) is 17.2 Å². The summed E-state index contributed by atoms with van der Waals surface area (Å²) in [6.07, 6.45) is -12.7. The Bertz CT molecular complexity index is 3380. The number of fused-ring (bicyclic) bond motifs is 2. The number of likely N-dealkylation sites (tertiary alicyclic amines) is 1. The number of thioether (sulfide) groups is 2. The van der Waals surface area contributed by atoms with Crippen LogP contribution in [0.4, 0.5) is 4.79 Å². The number of carbonyl (C=O) groups is 6. The highest BCUT2D eigenvalue weighted by Crippen LogP contribution is 2.50. The van der Waals surface area contributed by atoms with Crippen LogP contribution in [0.1, 0.15) is 89.1 Å². The number of methoxy groups -OCH3 is 3. The van der Waals surface area contributed by atoms with Crippen molar-refractivity contribution in [3.8, 4) is 40.9 Å². The van der Waals surface area contributed by atoms with E-state index in [9.17, 15) is 74.0 Å². The lowest BCUT2D eigenvalue weighted by Gasteiger charge is -2.48. The zero-order valence-electron chi connectivity index (χ0n) is 58.0. The number of likely N-dealkylation sites (N-methyl/N-ethyl adjacent to an activating group) is 1. The Balaban J connectivity index is 1.04. The van der Waals surface area contributed by atoms with E-state index in [0.717, 1.165) is 35.5 Å². The lowest BCUT2D eigenvalue weighted by Crippen LogP contribution is -2.65. The Kier molecular flexibility index (Phi) is 29.8. The smallest absolute Gasteiger partial charge is 0.407 e. The molecule has 20 unspecified atom stereocenters. The molecule has 562 valence electrons. The second kappa shape index (κ2) is 36.6. The summed E-state index contributed by atoms with van der Waals surface area (Å²) in [4.78, 5) is 102. The number of Topliss-reactive ketones (excluding diaryl/α,β-unsaturated/α-hetero) is 1. The van der Waals surface area contributed by atoms with Crippen LogP contribution >= 0.6 is 53.5 Å². The van der Waals surface area contributed by atoms with Crippen molar-refractivity contribution in [3.05, 3.63) is 38.5 Å². The Morgan fingerprint density at radius 2 is 1.64 bits per heavy atom. The number of hydrogen-bond donors (Lipinski definition) is 11. The molecule has 1 aromatic rings. The van der Waals surface area contributed by atoms with Crippen molar-refractivity contribution in [2.45, 2.75) is 188 Å². The van der Waals surface area contributed by atoms with Crippen molar-refractivity contribution in [3.63, 3.8) is 0 Å². The molecule has 101 heavy (non-hydrogen) atoms. The van der Waals surface area contributed by atoms with E-state index in [0.29, 0.717) is 28.6 Å². The summed E-state index contributed by atoms with van der Waals surface area (Å²) in [5.41, 5.74) is 1.26. The Morgan fingerprint density at radius 3 is 2.30 bits per heavy atom. The minimum atomic E-state index is -3.68. The number of hydroxylamine groups is 1. The van der Waals surface area contributed by atoms with Gasteiger partial charge in [-0.25, -0.2) is 4.79 Å². The summed E-state index contributed by atoms with van der Waals surface area (Å²) in [5.74, 6) is 5.88. The van der Waals surface area contributed by atoms with Crippen LogP contribution in [0.15, 0.2) is 23.8 Å². The molecule has 2 saturated carbocycles. The highest BCUT2D eigenvalue weighted by molar-refractivity contribution is 14.1. The van der Waals surface area contributed by atoms with Gasteiger partial charge in [0.25, 0.3) is 0 Å². The van der Waals surface area contributed by atoms with Crippen LogP contribution in [-0.2, 0) is 57.0 Å². The summed E-state index contributed by atoms with van der Waals surface area (Å²) in [7, 11) is 1.81. The van der Waals surface area contributed by atoms with Gasteiger partial charge >= 0.3 is 6.09 Å². The maximum Gasteiger partial charge on any atom is 0.407 e. The number of imide groups is 1. The SMILES string of the molecule is CCN(C(C)=O)C1COC(OC2C(O[C@H]3C#C/C=C\C#C[C@]4(O)CC(=O)[C@H](NC(=O)OC)C3/C4=C/CSC3CC(=O)N(CCP(=O)(O)CCCNC)C3=O)OC(C)C(NOC3CC(C)C(SC(=O)c4c(C)c(I)c(OC5OC(C)C(O)C(CO)C5O)c(OC)c4OC)C(O)C3)C2O)CC1CO. The van der Waals surface area contributed by atoms with Crippen LogP contribution < -0.4 is 30.3 Å². The number of benzene rings is 1. The van der Waals surface area contributed by atoms with Gasteiger partial charge in [-0.05, 0) is 106 Å². The first-order chi connectivity index (χ1) is 48.0. The Morgan fingerprint density at radius 1 is 0.931 bits per heavy atom. The number of carbonyl (C=O) groups excluding carboxylic acids is 6. The van der Waals surface area contributed by atoms with Crippen LogP contribution in [-0.4, -0.2) is 279 Å². The van der Waals surface area contributed by atoms with E-state index in [1.807, 2.05) is 29.5 Å². The van der Waals surface area contributed by atoms with Gasteiger partial charge in [0.15, 0.2) is 35.5 Å². The number of nitrogens with one attached hydrogen (secondary N) is 3. The molecule has 8 rings (SSSR count). The normalized spacial score (nSPS) is 35.5. The number of nitrogens with zero attached hydrogens (tertiary/aromatic N) is 2. The average Bonchev–Trinajstić information content (AvgIpc) is 0.787. The molecule has 2 bridgehead atoms. The van der Waals surface area contributed by atoms with Gasteiger partial charge in [0.2, 0.25) is 42.2 Å². The molecule has 7 aliphatic rings. The van der Waals surface area contributed by atoms with Crippen molar-refractivity contribution in [2.24, 2.45) is 23.7 Å². The standard InChI is InChI=1S/C67H95IN5O25PS2/c1-11-72(37(6)76)42-32-92-48(26-38(42)30-74)96-59-56(82)52(71-98-39-25-33(2)61(43(77)27-39)101-63(84)49-34(3)51(68)58(60(90-9)57(49)89-8)97-64-55(81)40(31-75)54(80)36(5)94-64)35(4)93-65(59)95-45-17-14-12-13-15-19-67(86)29-44(78)53(70-66(85)91-10)50(45)41(67)18-24-100-46-28-47(79)73(62(46)83)21-23-99(87,88)22-16-20-69-7/h12-13,18,33,35-36,38-40,42-43,45-46,48,50,52-56,59,61,64-65,69,71,74-75,77,80-82,86H,11,16,20-32H2,1-10H3,(H,70,85)(H,87,88)/b13-12-,41-18-/t33?,35?,36?,38?,39?,40?,42?,43?,45-,46?,48?,50?,52?,53-,54?,55?,56?,59?,61?,64?,65?,67-/m0/s1. The van der Waals surface area contributed by atoms with Gasteiger partial charge in [0, 0.05) is 87.0 Å². The number of alkyl carbamates (subject to hydrolysis) is 1. The molecule has 6 fully saturated rings. The number of ether oxygens (including phenoxy) is 9. The van der Waals surface area contributed by atoms with Crippen molar-refractivity contribution in [1.29, 1.82) is 0 Å². The highest BCUT2D eigenvalue weighted by atomic mass is 127. The van der Waals surface area contributed by atoms with Gasteiger partial charge in [-0.1, -0.05) is 48.4 Å². The van der Waals surface area contributed by atoms with E-state index in [2.05, 4.69) is 39.8 Å². The zero-order chi connectivity index (χ0) is 73.9. The number of aliphatic hydroxyl groups is 7. The molecule has 0 aromatic heterocycles. The molecule has 0 spiro atoms. The number of aliphatic hydroxyl groups excluding tert-OH is 6. The first kappa shape index (κ1) is 82.1. The second-order valence-corrected chi connectivity index (χ2v) is 32.2. The maximum absolute atomic E-state index is 14.6. The fourth-order valence-corrected chi connectivity index (χ4v) is 18.3. The van der Waals surface area contributed by atoms with E-state index in [-0.39, 0.29) is 97.8 Å². The first-order valence-corrected chi connectivity index (χ1v) is 38.6. The minimum absolute atomic E-state index is 0.000167. The third-order valence-electron chi connectivity index (χ3n) is 19.5. The molecule has 0 radical (unpaired) electrons. The zero-order valence-corrected chi connectivity index (χ0v) is 62.7. The molecule has 3 aliphatic carbocycles. The summed E-state index contributed by atoms with van der Waals surface area (Å²) < 4.78 is 68.4. The van der Waals surface area contributed by atoms with Gasteiger partial charge in [0.05, 0.1) is 98.0 Å². The van der Waals surface area contributed by atoms with Crippen LogP contribution in [0, 0.1) is 57.8 Å². The molecule has 4 saturated heterocycles. The summed E-state index contributed by atoms with van der Waals surface area (Å²) in [5, 5.41) is 83.1. The number of halogens is 1. The van der Waals surface area contributed by atoms with E-state index in [1.54, 1.807) is 39.6 Å². The molecule has 4 amide bonds. The lowest BCUT2D eigenvalue weighted by atomic mass is 9.68. The molecule has 11 N–H and O–H groups in total. The quantitative estimate of drug-likeness (QED) is 0.0106. The molecule has 34 heteroatoms. The Labute approximate surface area is 609 Å². The van der Waals surface area contributed by atoms with E-state index in [4.69, 9.17) is 47.5 Å². The van der Waals surface area contributed by atoms with Crippen molar-refractivity contribution in [2.75, 3.05) is 85.9 Å². The topological polar surface area (TPSA) is 416 Å². The third kappa shape index (κ3) is 19.2. The predicted octanol–water partition coefficient (Wildman–Crippen LogP) is 1.12. The molecule has 30 nitrogen and oxygen atoms in total. The lowest BCUT2D eigenvalue weighted by molar-refractivity contribution is -0.335. The van der Waals surface area contributed by atoms with Gasteiger partial charge in [-0.2, -0.15) is 5.48 Å². The van der Waals surface area contributed by atoms with Crippen LogP contribution in [0.25, 0.3) is 0 Å².